The van der Waals surface area contributed by atoms with Crippen molar-refractivity contribution in [2.45, 2.75) is 33.2 Å². The SMILES string of the molecule is CCC1=NN(Cc2ccccc2C)C(=O)[C@H]1CCNC(=O)Nc1ccc(F)cc1F. The number of rotatable bonds is 7. The van der Waals surface area contributed by atoms with Gasteiger partial charge in [0.25, 0.3) is 5.91 Å². The maximum Gasteiger partial charge on any atom is 0.319 e. The predicted molar refractivity (Wildman–Crippen MR) is 111 cm³/mol. The molecule has 0 saturated carbocycles. The zero-order valence-electron chi connectivity index (χ0n) is 16.9. The lowest BCUT2D eigenvalue weighted by molar-refractivity contribution is -0.132. The van der Waals surface area contributed by atoms with E-state index in [0.717, 1.165) is 29.0 Å². The molecular formula is C22H24F2N4O2. The van der Waals surface area contributed by atoms with E-state index >= 15 is 0 Å². The highest BCUT2D eigenvalue weighted by molar-refractivity contribution is 6.07. The van der Waals surface area contributed by atoms with Gasteiger partial charge in [-0.2, -0.15) is 5.10 Å². The summed E-state index contributed by atoms with van der Waals surface area (Å²) < 4.78 is 26.6. The molecule has 1 aliphatic heterocycles. The number of anilines is 1. The molecule has 0 spiro atoms. The Hall–Kier alpha value is -3.29. The number of hydrazone groups is 1. The maximum atomic E-state index is 13.6. The quantitative estimate of drug-likeness (QED) is 0.712. The Morgan fingerprint density at radius 1 is 1.20 bits per heavy atom. The highest BCUT2D eigenvalue weighted by atomic mass is 19.1. The molecule has 0 aromatic heterocycles. The molecule has 0 saturated heterocycles. The van der Waals surface area contributed by atoms with Crippen LogP contribution in [0.25, 0.3) is 0 Å². The van der Waals surface area contributed by atoms with Crippen LogP contribution in [0.2, 0.25) is 0 Å². The number of carbonyl (C=O) groups excluding carboxylic acids is 2. The minimum Gasteiger partial charge on any atom is -0.338 e. The van der Waals surface area contributed by atoms with Crippen LogP contribution in [0.4, 0.5) is 19.3 Å². The summed E-state index contributed by atoms with van der Waals surface area (Å²) in [4.78, 5) is 24.8. The van der Waals surface area contributed by atoms with E-state index in [1.165, 1.54) is 5.01 Å². The Balaban J connectivity index is 1.54. The molecular weight excluding hydrogens is 390 g/mol. The predicted octanol–water partition coefficient (Wildman–Crippen LogP) is 4.21. The third-order valence-corrected chi connectivity index (χ3v) is 5.05. The number of aryl methyl sites for hydroxylation is 1. The molecule has 1 atom stereocenters. The lowest BCUT2D eigenvalue weighted by Crippen LogP contribution is -2.34. The monoisotopic (exact) mass is 414 g/mol. The van der Waals surface area contributed by atoms with E-state index in [9.17, 15) is 18.4 Å². The molecule has 30 heavy (non-hydrogen) atoms. The van der Waals surface area contributed by atoms with Crippen molar-refractivity contribution in [3.63, 3.8) is 0 Å². The van der Waals surface area contributed by atoms with E-state index in [1.807, 2.05) is 38.1 Å². The van der Waals surface area contributed by atoms with Crippen LogP contribution in [-0.2, 0) is 11.3 Å². The number of nitrogens with one attached hydrogen (secondary N) is 2. The number of nitrogens with zero attached hydrogens (tertiary/aromatic N) is 2. The first-order valence-corrected chi connectivity index (χ1v) is 9.82. The van der Waals surface area contributed by atoms with Gasteiger partial charge in [0.2, 0.25) is 0 Å². The van der Waals surface area contributed by atoms with Crippen LogP contribution in [0, 0.1) is 24.5 Å². The molecule has 3 rings (SSSR count). The Labute approximate surface area is 174 Å². The van der Waals surface area contributed by atoms with Gasteiger partial charge in [-0.1, -0.05) is 31.2 Å². The number of carbonyl (C=O) groups is 2. The van der Waals surface area contributed by atoms with Crippen LogP contribution in [-0.4, -0.2) is 29.2 Å². The number of benzene rings is 2. The summed E-state index contributed by atoms with van der Waals surface area (Å²) in [6.07, 6.45) is 1.02. The van der Waals surface area contributed by atoms with Gasteiger partial charge in [0.15, 0.2) is 0 Å². The first kappa shape index (κ1) is 21.4. The summed E-state index contributed by atoms with van der Waals surface area (Å²) in [6.45, 7) is 4.55. The molecule has 0 radical (unpaired) electrons. The summed E-state index contributed by atoms with van der Waals surface area (Å²) in [5.74, 6) is -2.08. The second-order valence-corrected chi connectivity index (χ2v) is 7.11. The van der Waals surface area contributed by atoms with Gasteiger partial charge >= 0.3 is 6.03 Å². The summed E-state index contributed by atoms with van der Waals surface area (Å²) in [5.41, 5.74) is 2.78. The van der Waals surface area contributed by atoms with Crippen molar-refractivity contribution < 1.29 is 18.4 Å². The molecule has 0 aliphatic carbocycles. The van der Waals surface area contributed by atoms with Gasteiger partial charge in [0.1, 0.15) is 11.6 Å². The van der Waals surface area contributed by atoms with Gasteiger partial charge in [0, 0.05) is 12.6 Å². The molecule has 6 nitrogen and oxygen atoms in total. The normalized spacial score (nSPS) is 15.9. The van der Waals surface area contributed by atoms with Crippen LogP contribution >= 0.6 is 0 Å². The molecule has 8 heteroatoms. The first-order valence-electron chi connectivity index (χ1n) is 9.82. The van der Waals surface area contributed by atoms with Crippen molar-refractivity contribution in [2.75, 3.05) is 11.9 Å². The standard InChI is InChI=1S/C22H24F2N4O2/c1-3-19-17(21(29)28(27-19)13-15-7-5-4-6-14(15)2)10-11-25-22(30)26-20-9-8-16(23)12-18(20)24/h4-9,12,17H,3,10-11,13H2,1-2H3,(H2,25,26,30)/t17-/m0/s1. The lowest BCUT2D eigenvalue weighted by Gasteiger charge is -2.16. The molecule has 1 aliphatic rings. The van der Waals surface area contributed by atoms with E-state index < -0.39 is 23.6 Å². The summed E-state index contributed by atoms with van der Waals surface area (Å²) >= 11 is 0. The highest BCUT2D eigenvalue weighted by Crippen LogP contribution is 2.23. The Bertz CT molecular complexity index is 977. The number of hydrogen-bond donors (Lipinski definition) is 2. The molecule has 158 valence electrons. The van der Waals surface area contributed by atoms with Crippen molar-refractivity contribution in [1.29, 1.82) is 0 Å². The van der Waals surface area contributed by atoms with Gasteiger partial charge < -0.3 is 10.6 Å². The number of urea groups is 1. The minimum atomic E-state index is -0.858. The van der Waals surface area contributed by atoms with Crippen LogP contribution in [0.3, 0.4) is 0 Å². The van der Waals surface area contributed by atoms with Crippen molar-refractivity contribution >= 4 is 23.3 Å². The summed E-state index contributed by atoms with van der Waals surface area (Å²) in [6, 6.07) is 10.1. The van der Waals surface area contributed by atoms with E-state index in [1.54, 1.807) is 0 Å². The first-order chi connectivity index (χ1) is 14.4. The third kappa shape index (κ3) is 5.00. The number of halogens is 2. The zero-order chi connectivity index (χ0) is 21.7. The maximum absolute atomic E-state index is 13.6. The topological polar surface area (TPSA) is 73.8 Å². The zero-order valence-corrected chi connectivity index (χ0v) is 16.9. The minimum absolute atomic E-state index is 0.0955. The molecule has 2 N–H and O–H groups in total. The van der Waals surface area contributed by atoms with Crippen molar-refractivity contribution in [3.05, 3.63) is 65.2 Å². The molecule has 2 aromatic rings. The molecule has 0 unspecified atom stereocenters. The fraction of sp³-hybridized carbons (Fsp3) is 0.318. The Morgan fingerprint density at radius 2 is 1.97 bits per heavy atom. The van der Waals surface area contributed by atoms with Gasteiger partial charge in [-0.25, -0.2) is 18.6 Å². The van der Waals surface area contributed by atoms with Gasteiger partial charge in [-0.3, -0.25) is 4.79 Å². The molecule has 1 heterocycles. The van der Waals surface area contributed by atoms with Crippen molar-refractivity contribution in [3.8, 4) is 0 Å². The second-order valence-electron chi connectivity index (χ2n) is 7.11. The van der Waals surface area contributed by atoms with E-state index in [-0.39, 0.29) is 18.1 Å². The van der Waals surface area contributed by atoms with Crippen LogP contribution < -0.4 is 10.6 Å². The lowest BCUT2D eigenvalue weighted by atomic mass is 9.97. The third-order valence-electron chi connectivity index (χ3n) is 5.05. The summed E-state index contributed by atoms with van der Waals surface area (Å²) in [5, 5.41) is 10.9. The van der Waals surface area contributed by atoms with E-state index in [4.69, 9.17) is 0 Å². The van der Waals surface area contributed by atoms with E-state index in [0.29, 0.717) is 25.5 Å². The average molecular weight is 414 g/mol. The molecule has 0 bridgehead atoms. The average Bonchev–Trinajstić information content (AvgIpc) is 3.01. The highest BCUT2D eigenvalue weighted by Gasteiger charge is 2.34. The van der Waals surface area contributed by atoms with Crippen molar-refractivity contribution in [1.82, 2.24) is 10.3 Å². The van der Waals surface area contributed by atoms with Crippen LogP contribution in [0.5, 0.6) is 0 Å². The summed E-state index contributed by atoms with van der Waals surface area (Å²) in [7, 11) is 0. The Morgan fingerprint density at radius 3 is 2.67 bits per heavy atom. The van der Waals surface area contributed by atoms with Crippen LogP contribution in [0.15, 0.2) is 47.6 Å². The number of amides is 3. The van der Waals surface area contributed by atoms with Gasteiger partial charge in [-0.15, -0.1) is 0 Å². The second kappa shape index (κ2) is 9.47. The molecule has 2 aromatic carbocycles. The Kier molecular flexibility index (Phi) is 6.76. The largest absolute Gasteiger partial charge is 0.338 e. The fourth-order valence-corrected chi connectivity index (χ4v) is 3.35. The van der Waals surface area contributed by atoms with E-state index in [2.05, 4.69) is 15.7 Å². The number of hydrogen-bond acceptors (Lipinski definition) is 3. The van der Waals surface area contributed by atoms with Gasteiger partial charge in [0.05, 0.1) is 23.9 Å². The van der Waals surface area contributed by atoms with Crippen molar-refractivity contribution in [2.24, 2.45) is 11.0 Å². The van der Waals surface area contributed by atoms with Gasteiger partial charge in [-0.05, 0) is 43.0 Å². The smallest absolute Gasteiger partial charge is 0.319 e. The molecule has 3 amide bonds. The fourth-order valence-electron chi connectivity index (χ4n) is 3.35. The van der Waals surface area contributed by atoms with Crippen LogP contribution in [0.1, 0.15) is 30.9 Å². The molecule has 0 fully saturated rings.